The molecule has 7 heteroatoms. The Balaban J connectivity index is 2.16. The fourth-order valence-electron chi connectivity index (χ4n) is 1.50. The van der Waals surface area contributed by atoms with Gasteiger partial charge < -0.3 is 5.11 Å². The van der Waals surface area contributed by atoms with Gasteiger partial charge in [-0.3, -0.25) is 0 Å². The van der Waals surface area contributed by atoms with Crippen molar-refractivity contribution in [2.24, 2.45) is 0 Å². The topological polar surface area (TPSA) is 71.4 Å². The second-order valence-corrected chi connectivity index (χ2v) is 8.27. The van der Waals surface area contributed by atoms with E-state index in [-0.39, 0.29) is 10.6 Å². The van der Waals surface area contributed by atoms with E-state index in [2.05, 4.69) is 0 Å². The molecule has 1 aromatic carbocycles. The standard InChI is InChI=1S/C13H12O4S3/c1-2-20(16,17)11-5-3-9(4-6-11)19-10-7-12(13(14)15)18-8-10/h3-8H,2H2,1H3,(H,14,15). The Morgan fingerprint density at radius 1 is 1.25 bits per heavy atom. The highest BCUT2D eigenvalue weighted by atomic mass is 32.2. The first-order valence-corrected chi connectivity index (χ1v) is 9.09. The predicted octanol–water partition coefficient (Wildman–Crippen LogP) is 3.39. The Kier molecular flexibility index (Phi) is 4.52. The fourth-order valence-corrected chi connectivity index (χ4v) is 4.13. The summed E-state index contributed by atoms with van der Waals surface area (Å²) in [5.41, 5.74) is 0. The Labute approximate surface area is 125 Å². The highest BCUT2D eigenvalue weighted by molar-refractivity contribution is 7.99. The predicted molar refractivity (Wildman–Crippen MR) is 79.6 cm³/mol. The number of sulfone groups is 1. The summed E-state index contributed by atoms with van der Waals surface area (Å²) >= 11 is 2.58. The van der Waals surface area contributed by atoms with Crippen LogP contribution in [0.5, 0.6) is 0 Å². The Hall–Kier alpha value is -1.31. The lowest BCUT2D eigenvalue weighted by Crippen LogP contribution is -2.02. The van der Waals surface area contributed by atoms with Crippen molar-refractivity contribution in [2.45, 2.75) is 21.6 Å². The SMILES string of the molecule is CCS(=O)(=O)c1ccc(Sc2csc(C(=O)O)c2)cc1. The summed E-state index contributed by atoms with van der Waals surface area (Å²) < 4.78 is 23.4. The van der Waals surface area contributed by atoms with E-state index in [9.17, 15) is 13.2 Å². The van der Waals surface area contributed by atoms with Crippen LogP contribution in [0.2, 0.25) is 0 Å². The minimum absolute atomic E-state index is 0.0754. The van der Waals surface area contributed by atoms with E-state index in [1.807, 2.05) is 0 Å². The van der Waals surface area contributed by atoms with Crippen LogP contribution in [0.1, 0.15) is 16.6 Å². The number of thiophene rings is 1. The summed E-state index contributed by atoms with van der Waals surface area (Å²) in [6.45, 7) is 1.61. The van der Waals surface area contributed by atoms with E-state index < -0.39 is 15.8 Å². The maximum atomic E-state index is 11.7. The van der Waals surface area contributed by atoms with Crippen molar-refractivity contribution in [3.05, 3.63) is 40.6 Å². The minimum atomic E-state index is -3.18. The molecule has 0 fully saturated rings. The number of hydrogen-bond acceptors (Lipinski definition) is 5. The summed E-state index contributed by atoms with van der Waals surface area (Å²) in [5.74, 6) is -0.863. The van der Waals surface area contributed by atoms with E-state index in [1.165, 1.54) is 23.1 Å². The summed E-state index contributed by atoms with van der Waals surface area (Å²) in [6, 6.07) is 8.21. The van der Waals surface area contributed by atoms with Crippen molar-refractivity contribution in [3.8, 4) is 0 Å². The Morgan fingerprint density at radius 2 is 1.90 bits per heavy atom. The van der Waals surface area contributed by atoms with Crippen LogP contribution in [0.15, 0.2) is 50.4 Å². The molecule has 0 aliphatic heterocycles. The van der Waals surface area contributed by atoms with Gasteiger partial charge in [-0.05, 0) is 30.3 Å². The van der Waals surface area contributed by atoms with Gasteiger partial charge >= 0.3 is 5.97 Å². The number of benzene rings is 1. The average Bonchev–Trinajstić information content (AvgIpc) is 2.88. The molecule has 0 saturated carbocycles. The van der Waals surface area contributed by atoms with Gasteiger partial charge in [0, 0.05) is 15.2 Å². The van der Waals surface area contributed by atoms with Gasteiger partial charge in [-0.15, -0.1) is 11.3 Å². The van der Waals surface area contributed by atoms with Gasteiger partial charge in [0.15, 0.2) is 9.84 Å². The molecule has 0 saturated heterocycles. The van der Waals surface area contributed by atoms with Crippen LogP contribution in [0.25, 0.3) is 0 Å². The monoisotopic (exact) mass is 328 g/mol. The molecular formula is C13H12O4S3. The normalized spacial score (nSPS) is 11.4. The first-order chi connectivity index (χ1) is 9.42. The minimum Gasteiger partial charge on any atom is -0.477 e. The summed E-state index contributed by atoms with van der Waals surface area (Å²) in [5, 5.41) is 10.6. The number of aromatic carboxylic acids is 1. The maximum Gasteiger partial charge on any atom is 0.345 e. The summed E-state index contributed by atoms with van der Waals surface area (Å²) in [6.07, 6.45) is 0. The van der Waals surface area contributed by atoms with Crippen LogP contribution < -0.4 is 0 Å². The molecule has 0 amide bonds. The van der Waals surface area contributed by atoms with Gasteiger partial charge in [0.1, 0.15) is 4.88 Å². The molecule has 1 aromatic heterocycles. The lowest BCUT2D eigenvalue weighted by Gasteiger charge is -2.03. The average molecular weight is 328 g/mol. The molecule has 0 unspecified atom stereocenters. The van der Waals surface area contributed by atoms with Crippen LogP contribution in [-0.4, -0.2) is 25.2 Å². The van der Waals surface area contributed by atoms with Crippen LogP contribution >= 0.6 is 23.1 Å². The third kappa shape index (κ3) is 3.41. The van der Waals surface area contributed by atoms with Gasteiger partial charge in [-0.1, -0.05) is 18.7 Å². The lowest BCUT2D eigenvalue weighted by atomic mass is 10.4. The van der Waals surface area contributed by atoms with Crippen molar-refractivity contribution in [2.75, 3.05) is 5.75 Å². The van der Waals surface area contributed by atoms with E-state index in [1.54, 1.807) is 42.6 Å². The number of hydrogen-bond donors (Lipinski definition) is 1. The fraction of sp³-hybridized carbons (Fsp3) is 0.154. The van der Waals surface area contributed by atoms with Crippen LogP contribution in [-0.2, 0) is 9.84 Å². The Morgan fingerprint density at radius 3 is 2.40 bits per heavy atom. The van der Waals surface area contributed by atoms with Crippen molar-refractivity contribution in [1.29, 1.82) is 0 Å². The molecule has 4 nitrogen and oxygen atoms in total. The quantitative estimate of drug-likeness (QED) is 0.911. The first kappa shape index (κ1) is 15.1. The zero-order valence-electron chi connectivity index (χ0n) is 10.6. The van der Waals surface area contributed by atoms with Crippen LogP contribution in [0.4, 0.5) is 0 Å². The zero-order chi connectivity index (χ0) is 14.8. The van der Waals surface area contributed by atoms with Crippen LogP contribution in [0, 0.1) is 0 Å². The van der Waals surface area contributed by atoms with Gasteiger partial charge in [-0.2, -0.15) is 0 Å². The maximum absolute atomic E-state index is 11.7. The highest BCUT2D eigenvalue weighted by Gasteiger charge is 2.12. The Bertz CT molecular complexity index is 714. The number of carboxylic acid groups (broad SMARTS) is 1. The van der Waals surface area contributed by atoms with Gasteiger partial charge in [0.05, 0.1) is 10.6 Å². The molecule has 1 N–H and O–H groups in total. The second-order valence-electron chi connectivity index (χ2n) is 3.93. The molecule has 0 radical (unpaired) electrons. The van der Waals surface area contributed by atoms with Gasteiger partial charge in [0.2, 0.25) is 0 Å². The number of carbonyl (C=O) groups is 1. The van der Waals surface area contributed by atoms with Gasteiger partial charge in [0.25, 0.3) is 0 Å². The molecule has 2 aromatic rings. The molecule has 0 aliphatic rings. The lowest BCUT2D eigenvalue weighted by molar-refractivity contribution is 0.0702. The summed E-state index contributed by atoms with van der Waals surface area (Å²) in [7, 11) is -3.18. The molecule has 20 heavy (non-hydrogen) atoms. The van der Waals surface area contributed by atoms with Crippen LogP contribution in [0.3, 0.4) is 0 Å². The van der Waals surface area contributed by atoms with Crippen molar-refractivity contribution in [3.63, 3.8) is 0 Å². The molecule has 106 valence electrons. The van der Waals surface area contributed by atoms with Crippen molar-refractivity contribution >= 4 is 38.9 Å². The summed E-state index contributed by atoms with van der Waals surface area (Å²) in [4.78, 5) is 13.1. The van der Waals surface area contributed by atoms with E-state index >= 15 is 0 Å². The van der Waals surface area contributed by atoms with E-state index in [0.29, 0.717) is 4.90 Å². The van der Waals surface area contributed by atoms with Gasteiger partial charge in [-0.25, -0.2) is 13.2 Å². The highest BCUT2D eigenvalue weighted by Crippen LogP contribution is 2.32. The second kappa shape index (κ2) is 5.99. The molecule has 2 rings (SSSR count). The number of rotatable bonds is 5. The molecule has 1 heterocycles. The molecule has 0 bridgehead atoms. The van der Waals surface area contributed by atoms with E-state index in [4.69, 9.17) is 5.11 Å². The number of carboxylic acids is 1. The smallest absolute Gasteiger partial charge is 0.345 e. The molecule has 0 aliphatic carbocycles. The third-order valence-corrected chi connectivity index (χ3v) is 6.38. The largest absolute Gasteiger partial charge is 0.477 e. The third-order valence-electron chi connectivity index (χ3n) is 2.58. The van der Waals surface area contributed by atoms with Crippen molar-refractivity contribution < 1.29 is 18.3 Å². The zero-order valence-corrected chi connectivity index (χ0v) is 13.0. The molecule has 0 atom stereocenters. The van der Waals surface area contributed by atoms with E-state index in [0.717, 1.165) is 9.79 Å². The first-order valence-electron chi connectivity index (χ1n) is 5.75. The molecule has 0 spiro atoms. The molecular weight excluding hydrogens is 316 g/mol. The van der Waals surface area contributed by atoms with Crippen molar-refractivity contribution in [1.82, 2.24) is 0 Å².